The number of nitrogens with zero attached hydrogens (tertiary/aromatic N) is 1. The van der Waals surface area contributed by atoms with Crippen molar-refractivity contribution in [3.05, 3.63) is 29.1 Å². The Balaban J connectivity index is 2.45. The molecule has 82 valence electrons. The number of aromatic nitrogens is 1. The normalized spacial score (nSPS) is 19.0. The van der Waals surface area contributed by atoms with E-state index in [9.17, 15) is 8.78 Å². The van der Waals surface area contributed by atoms with Crippen LogP contribution in [0.25, 0.3) is 0 Å². The minimum absolute atomic E-state index is 0.0390. The molecule has 1 aliphatic carbocycles. The van der Waals surface area contributed by atoms with Crippen molar-refractivity contribution in [2.24, 2.45) is 0 Å². The van der Waals surface area contributed by atoms with Gasteiger partial charge >= 0.3 is 0 Å². The molecule has 0 bridgehead atoms. The minimum atomic E-state index is -2.67. The molecule has 0 unspecified atom stereocenters. The van der Waals surface area contributed by atoms with Crippen LogP contribution in [0.4, 0.5) is 8.78 Å². The lowest BCUT2D eigenvalue weighted by atomic mass is 9.89. The van der Waals surface area contributed by atoms with Gasteiger partial charge in [-0.05, 0) is 30.4 Å². The Morgan fingerprint density at radius 3 is 2.80 bits per heavy atom. The fraction of sp³-hybridized carbons (Fsp3) is 0.583. The molecular weight excluding hydrogens is 196 g/mol. The molecule has 0 saturated carbocycles. The first-order chi connectivity index (χ1) is 7.00. The summed E-state index contributed by atoms with van der Waals surface area (Å²) in [6.07, 6.45) is 2.65. The van der Waals surface area contributed by atoms with Crippen LogP contribution in [0.2, 0.25) is 0 Å². The second kappa shape index (κ2) is 3.54. The van der Waals surface area contributed by atoms with Crippen molar-refractivity contribution < 1.29 is 8.78 Å². The quantitative estimate of drug-likeness (QED) is 0.691. The molecule has 3 heteroatoms. The van der Waals surface area contributed by atoms with Crippen LogP contribution >= 0.6 is 0 Å². The van der Waals surface area contributed by atoms with Crippen molar-refractivity contribution in [2.75, 3.05) is 0 Å². The third-order valence-corrected chi connectivity index (χ3v) is 2.93. The van der Waals surface area contributed by atoms with Crippen LogP contribution in [-0.2, 0) is 12.3 Å². The maximum atomic E-state index is 13.5. The molecule has 0 amide bonds. The summed E-state index contributed by atoms with van der Waals surface area (Å²) in [5.74, 6) is -2.37. The highest BCUT2D eigenvalue weighted by Gasteiger charge is 2.36. The molecule has 0 aromatic carbocycles. The summed E-state index contributed by atoms with van der Waals surface area (Å²) in [6, 6.07) is 1.84. The van der Waals surface area contributed by atoms with Crippen LogP contribution in [0, 0.1) is 0 Å². The highest BCUT2D eigenvalue weighted by Crippen LogP contribution is 2.39. The minimum Gasteiger partial charge on any atom is -0.261 e. The van der Waals surface area contributed by atoms with Gasteiger partial charge in [-0.3, -0.25) is 4.98 Å². The average Bonchev–Trinajstić information content (AvgIpc) is 2.16. The van der Waals surface area contributed by atoms with Gasteiger partial charge in [-0.25, -0.2) is 8.78 Å². The van der Waals surface area contributed by atoms with E-state index in [2.05, 4.69) is 4.98 Å². The molecule has 15 heavy (non-hydrogen) atoms. The van der Waals surface area contributed by atoms with E-state index in [1.54, 1.807) is 0 Å². The Labute approximate surface area is 88.5 Å². The van der Waals surface area contributed by atoms with Gasteiger partial charge < -0.3 is 0 Å². The Morgan fingerprint density at radius 2 is 2.13 bits per heavy atom. The fourth-order valence-electron chi connectivity index (χ4n) is 2.00. The molecule has 0 saturated heterocycles. The molecule has 1 aromatic rings. The number of halogens is 2. The maximum Gasteiger partial charge on any atom is 0.275 e. The van der Waals surface area contributed by atoms with Gasteiger partial charge in [0, 0.05) is 23.9 Å². The van der Waals surface area contributed by atoms with Crippen molar-refractivity contribution in [1.82, 2.24) is 4.98 Å². The second-order valence-electron chi connectivity index (χ2n) is 4.48. The largest absolute Gasteiger partial charge is 0.275 e. The van der Waals surface area contributed by atoms with Gasteiger partial charge in [0.25, 0.3) is 5.92 Å². The van der Waals surface area contributed by atoms with E-state index in [1.165, 1.54) is 6.20 Å². The number of aryl methyl sites for hydroxylation is 1. The molecule has 0 spiro atoms. The molecule has 0 atom stereocenters. The molecule has 0 aliphatic heterocycles. The molecule has 2 rings (SSSR count). The Bertz CT molecular complexity index is 372. The van der Waals surface area contributed by atoms with Crippen LogP contribution in [0.15, 0.2) is 12.3 Å². The van der Waals surface area contributed by atoms with Crippen molar-refractivity contribution in [2.45, 2.75) is 45.0 Å². The first-order valence-corrected chi connectivity index (χ1v) is 5.38. The number of alkyl halides is 2. The van der Waals surface area contributed by atoms with E-state index in [-0.39, 0.29) is 12.0 Å². The third-order valence-electron chi connectivity index (χ3n) is 2.93. The van der Waals surface area contributed by atoms with Gasteiger partial charge in [-0.2, -0.15) is 0 Å². The Morgan fingerprint density at radius 1 is 1.40 bits per heavy atom. The summed E-state index contributed by atoms with van der Waals surface area (Å²) in [5.41, 5.74) is 1.83. The van der Waals surface area contributed by atoms with Gasteiger partial charge in [-0.15, -0.1) is 0 Å². The second-order valence-corrected chi connectivity index (χ2v) is 4.48. The van der Waals surface area contributed by atoms with Gasteiger partial charge in [0.1, 0.15) is 0 Å². The summed E-state index contributed by atoms with van der Waals surface area (Å²) in [4.78, 5) is 4.11. The van der Waals surface area contributed by atoms with E-state index in [0.717, 1.165) is 17.7 Å². The van der Waals surface area contributed by atoms with Crippen molar-refractivity contribution in [1.29, 1.82) is 0 Å². The number of rotatable bonds is 1. The van der Waals surface area contributed by atoms with Gasteiger partial charge in [-0.1, -0.05) is 13.8 Å². The van der Waals surface area contributed by atoms with Crippen LogP contribution < -0.4 is 0 Å². The van der Waals surface area contributed by atoms with E-state index < -0.39 is 5.92 Å². The Hall–Kier alpha value is -0.990. The zero-order chi connectivity index (χ0) is 11.1. The zero-order valence-corrected chi connectivity index (χ0v) is 9.06. The van der Waals surface area contributed by atoms with Gasteiger partial charge in [0.05, 0.1) is 0 Å². The fourth-order valence-corrected chi connectivity index (χ4v) is 2.00. The van der Waals surface area contributed by atoms with E-state index in [4.69, 9.17) is 0 Å². The predicted molar refractivity (Wildman–Crippen MR) is 55.2 cm³/mol. The standard InChI is InChI=1S/C12H15F2N/c1-8(2)11-6-9-4-3-5-12(13,14)10(9)7-15-11/h6-8H,3-5H2,1-2H3. The average molecular weight is 211 g/mol. The zero-order valence-electron chi connectivity index (χ0n) is 9.06. The lowest BCUT2D eigenvalue weighted by Crippen LogP contribution is -2.21. The maximum absolute atomic E-state index is 13.5. The van der Waals surface area contributed by atoms with Crippen LogP contribution in [0.5, 0.6) is 0 Å². The van der Waals surface area contributed by atoms with E-state index >= 15 is 0 Å². The molecule has 0 N–H and O–H groups in total. The number of pyridine rings is 1. The van der Waals surface area contributed by atoms with Crippen LogP contribution in [0.3, 0.4) is 0 Å². The predicted octanol–water partition coefficient (Wildman–Crippen LogP) is 3.63. The number of hydrogen-bond acceptors (Lipinski definition) is 1. The highest BCUT2D eigenvalue weighted by atomic mass is 19.3. The molecular formula is C12H15F2N. The lowest BCUT2D eigenvalue weighted by molar-refractivity contribution is -0.0220. The highest BCUT2D eigenvalue weighted by molar-refractivity contribution is 5.33. The summed E-state index contributed by atoms with van der Waals surface area (Å²) in [7, 11) is 0. The number of hydrogen-bond donors (Lipinski definition) is 0. The monoisotopic (exact) mass is 211 g/mol. The smallest absolute Gasteiger partial charge is 0.261 e. The third kappa shape index (κ3) is 1.87. The van der Waals surface area contributed by atoms with Gasteiger partial charge in [0.2, 0.25) is 0 Å². The SMILES string of the molecule is CC(C)c1cc2c(cn1)C(F)(F)CCC2. The van der Waals surface area contributed by atoms with Crippen molar-refractivity contribution in [3.63, 3.8) is 0 Å². The summed E-state index contributed by atoms with van der Waals surface area (Å²) >= 11 is 0. The van der Waals surface area contributed by atoms with E-state index in [0.29, 0.717) is 12.3 Å². The molecule has 0 radical (unpaired) electrons. The molecule has 1 aliphatic rings. The molecule has 1 heterocycles. The molecule has 0 fully saturated rings. The summed E-state index contributed by atoms with van der Waals surface area (Å²) < 4.78 is 27.0. The van der Waals surface area contributed by atoms with Crippen molar-refractivity contribution in [3.8, 4) is 0 Å². The van der Waals surface area contributed by atoms with Crippen LogP contribution in [-0.4, -0.2) is 4.98 Å². The van der Waals surface area contributed by atoms with Gasteiger partial charge in [0.15, 0.2) is 0 Å². The first kappa shape index (κ1) is 10.5. The summed E-state index contributed by atoms with van der Waals surface area (Å²) in [6.45, 7) is 4.05. The summed E-state index contributed by atoms with van der Waals surface area (Å²) in [5, 5.41) is 0. The van der Waals surface area contributed by atoms with Crippen LogP contribution in [0.1, 0.15) is 49.4 Å². The Kier molecular flexibility index (Phi) is 2.49. The van der Waals surface area contributed by atoms with E-state index in [1.807, 2.05) is 19.9 Å². The lowest BCUT2D eigenvalue weighted by Gasteiger charge is -2.25. The first-order valence-electron chi connectivity index (χ1n) is 5.38. The number of fused-ring (bicyclic) bond motifs is 1. The molecule has 1 aromatic heterocycles. The van der Waals surface area contributed by atoms with Crippen molar-refractivity contribution >= 4 is 0 Å². The topological polar surface area (TPSA) is 12.9 Å². The molecule has 1 nitrogen and oxygen atoms in total.